The van der Waals surface area contributed by atoms with Crippen molar-refractivity contribution in [2.24, 2.45) is 0 Å². The van der Waals surface area contributed by atoms with Crippen LogP contribution < -0.4 is 0 Å². The van der Waals surface area contributed by atoms with E-state index in [-0.39, 0.29) is 17.3 Å². The minimum absolute atomic E-state index is 0.0473. The van der Waals surface area contributed by atoms with Crippen LogP contribution in [-0.2, 0) is 26.6 Å². The number of thioether (sulfide) groups is 1. The van der Waals surface area contributed by atoms with Gasteiger partial charge < -0.3 is 5.11 Å². The third kappa shape index (κ3) is 2.98. The van der Waals surface area contributed by atoms with Crippen LogP contribution in [-0.4, -0.2) is 51.5 Å². The van der Waals surface area contributed by atoms with Crippen molar-refractivity contribution in [2.45, 2.75) is 37.4 Å². The molecule has 0 amide bonds. The molecule has 1 aliphatic rings. The summed E-state index contributed by atoms with van der Waals surface area (Å²) >= 11 is 1.07. The summed E-state index contributed by atoms with van der Waals surface area (Å²) in [7, 11) is -3.05. The molecule has 2 rings (SSSR count). The van der Waals surface area contributed by atoms with Crippen LogP contribution in [0.5, 0.6) is 0 Å². The standard InChI is InChI=1S/C11H17N3O4S2/c1-3-8-12-13-10(19-6-9(15)16)14(8)11(2)4-5-20(17,18)7-11/h3-7H2,1-2H3,(H,15,16). The number of hydrogen-bond donors (Lipinski definition) is 1. The Balaban J connectivity index is 2.38. The molecule has 1 aromatic heterocycles. The molecular weight excluding hydrogens is 302 g/mol. The van der Waals surface area contributed by atoms with Gasteiger partial charge in [0.25, 0.3) is 0 Å². The van der Waals surface area contributed by atoms with Gasteiger partial charge in [-0.1, -0.05) is 18.7 Å². The van der Waals surface area contributed by atoms with Gasteiger partial charge >= 0.3 is 5.97 Å². The minimum atomic E-state index is -3.05. The number of carboxylic acids is 1. The average Bonchev–Trinajstić information content (AvgIpc) is 2.88. The van der Waals surface area contributed by atoms with Gasteiger partial charge in [-0.15, -0.1) is 10.2 Å². The molecule has 1 saturated heterocycles. The maximum absolute atomic E-state index is 11.8. The molecule has 0 aromatic carbocycles. The summed E-state index contributed by atoms with van der Waals surface area (Å²) in [5, 5.41) is 17.3. The van der Waals surface area contributed by atoms with E-state index in [1.54, 1.807) is 0 Å². The van der Waals surface area contributed by atoms with Crippen molar-refractivity contribution in [3.8, 4) is 0 Å². The summed E-state index contributed by atoms with van der Waals surface area (Å²) in [6.07, 6.45) is 1.12. The lowest BCUT2D eigenvalue weighted by molar-refractivity contribution is -0.133. The molecule has 7 nitrogen and oxygen atoms in total. The summed E-state index contributed by atoms with van der Waals surface area (Å²) in [4.78, 5) is 10.7. The van der Waals surface area contributed by atoms with Crippen molar-refractivity contribution in [1.29, 1.82) is 0 Å². The Kier molecular flexibility index (Phi) is 4.10. The average molecular weight is 319 g/mol. The topological polar surface area (TPSA) is 102 Å². The van der Waals surface area contributed by atoms with Crippen LogP contribution in [0.25, 0.3) is 0 Å². The fraction of sp³-hybridized carbons (Fsp3) is 0.727. The van der Waals surface area contributed by atoms with Crippen molar-refractivity contribution in [3.05, 3.63) is 5.82 Å². The molecule has 2 heterocycles. The number of aliphatic carboxylic acids is 1. The lowest BCUT2D eigenvalue weighted by Gasteiger charge is -2.27. The fourth-order valence-electron chi connectivity index (χ4n) is 2.46. The summed E-state index contributed by atoms with van der Waals surface area (Å²) < 4.78 is 25.3. The van der Waals surface area contributed by atoms with Crippen LogP contribution in [0.15, 0.2) is 5.16 Å². The summed E-state index contributed by atoms with van der Waals surface area (Å²) in [6.45, 7) is 3.78. The van der Waals surface area contributed by atoms with Gasteiger partial charge in [-0.2, -0.15) is 0 Å². The van der Waals surface area contributed by atoms with Gasteiger partial charge in [0, 0.05) is 6.42 Å². The van der Waals surface area contributed by atoms with Crippen LogP contribution in [0.4, 0.5) is 0 Å². The normalized spacial score (nSPS) is 24.9. The van der Waals surface area contributed by atoms with Crippen molar-refractivity contribution in [3.63, 3.8) is 0 Å². The molecule has 1 aliphatic heterocycles. The number of hydrogen-bond acceptors (Lipinski definition) is 6. The Morgan fingerprint density at radius 2 is 2.20 bits per heavy atom. The summed E-state index contributed by atoms with van der Waals surface area (Å²) in [6, 6.07) is 0. The zero-order valence-electron chi connectivity index (χ0n) is 11.4. The number of aromatic nitrogens is 3. The molecule has 1 aromatic rings. The number of carbonyl (C=O) groups is 1. The molecule has 0 radical (unpaired) electrons. The third-order valence-corrected chi connectivity index (χ3v) is 6.17. The first-order valence-electron chi connectivity index (χ1n) is 6.27. The first-order chi connectivity index (χ1) is 9.27. The van der Waals surface area contributed by atoms with Crippen LogP contribution in [0.3, 0.4) is 0 Å². The molecule has 112 valence electrons. The molecule has 1 fully saturated rings. The van der Waals surface area contributed by atoms with E-state index in [0.717, 1.165) is 11.8 Å². The molecule has 0 spiro atoms. The van der Waals surface area contributed by atoms with Crippen molar-refractivity contribution < 1.29 is 18.3 Å². The predicted molar refractivity (Wildman–Crippen MR) is 74.7 cm³/mol. The van der Waals surface area contributed by atoms with E-state index in [0.29, 0.717) is 23.8 Å². The Morgan fingerprint density at radius 1 is 1.50 bits per heavy atom. The van der Waals surface area contributed by atoms with E-state index in [1.165, 1.54) is 0 Å². The summed E-state index contributed by atoms with van der Waals surface area (Å²) in [5.41, 5.74) is -0.589. The monoisotopic (exact) mass is 319 g/mol. The Morgan fingerprint density at radius 3 is 2.70 bits per heavy atom. The molecule has 1 N–H and O–H groups in total. The molecule has 9 heteroatoms. The van der Waals surface area contributed by atoms with Crippen LogP contribution in [0.2, 0.25) is 0 Å². The lowest BCUT2D eigenvalue weighted by atomic mass is 10.0. The maximum Gasteiger partial charge on any atom is 0.313 e. The minimum Gasteiger partial charge on any atom is -0.481 e. The highest BCUT2D eigenvalue weighted by Crippen LogP contribution is 2.35. The SMILES string of the molecule is CCc1nnc(SCC(=O)O)n1C1(C)CCS(=O)(=O)C1. The fourth-order valence-corrected chi connectivity index (χ4v) is 5.38. The van der Waals surface area contributed by atoms with Crippen molar-refractivity contribution >= 4 is 27.6 Å². The Hall–Kier alpha value is -1.09. The molecular formula is C11H17N3O4S2. The van der Waals surface area contributed by atoms with Gasteiger partial charge in [-0.25, -0.2) is 8.42 Å². The van der Waals surface area contributed by atoms with E-state index in [9.17, 15) is 13.2 Å². The number of rotatable bonds is 5. The number of aryl methyl sites for hydroxylation is 1. The highest BCUT2D eigenvalue weighted by atomic mass is 32.2. The molecule has 0 bridgehead atoms. The second-order valence-corrected chi connectivity index (χ2v) is 8.24. The second kappa shape index (κ2) is 5.36. The summed E-state index contributed by atoms with van der Waals surface area (Å²) in [5.74, 6) is -0.172. The van der Waals surface area contributed by atoms with Gasteiger partial charge in [0.2, 0.25) is 0 Å². The Labute approximate surface area is 121 Å². The van der Waals surface area contributed by atoms with Gasteiger partial charge in [0.05, 0.1) is 22.8 Å². The quantitative estimate of drug-likeness (QED) is 0.791. The van der Waals surface area contributed by atoms with Crippen LogP contribution >= 0.6 is 11.8 Å². The maximum atomic E-state index is 11.8. The van der Waals surface area contributed by atoms with Gasteiger partial charge in [0.15, 0.2) is 15.0 Å². The van der Waals surface area contributed by atoms with Crippen molar-refractivity contribution in [1.82, 2.24) is 14.8 Å². The third-order valence-electron chi connectivity index (χ3n) is 3.36. The van der Waals surface area contributed by atoms with E-state index in [2.05, 4.69) is 10.2 Å². The molecule has 20 heavy (non-hydrogen) atoms. The first-order valence-corrected chi connectivity index (χ1v) is 9.08. The molecule has 0 saturated carbocycles. The predicted octanol–water partition coefficient (Wildman–Crippen LogP) is 0.551. The van der Waals surface area contributed by atoms with Gasteiger partial charge in [-0.05, 0) is 13.3 Å². The number of sulfone groups is 1. The highest BCUT2D eigenvalue weighted by molar-refractivity contribution is 7.99. The van der Waals surface area contributed by atoms with E-state index >= 15 is 0 Å². The Bertz CT molecular complexity index is 626. The van der Waals surface area contributed by atoms with Gasteiger partial charge in [0.1, 0.15) is 5.82 Å². The van der Waals surface area contributed by atoms with Gasteiger partial charge in [-0.3, -0.25) is 9.36 Å². The van der Waals surface area contributed by atoms with Crippen LogP contribution in [0.1, 0.15) is 26.1 Å². The largest absolute Gasteiger partial charge is 0.481 e. The van der Waals surface area contributed by atoms with Crippen molar-refractivity contribution in [2.75, 3.05) is 17.3 Å². The van der Waals surface area contributed by atoms with E-state index in [4.69, 9.17) is 5.11 Å². The first kappa shape index (κ1) is 15.3. The molecule has 0 aliphatic carbocycles. The number of carboxylic acid groups (broad SMARTS) is 1. The molecule has 1 unspecified atom stereocenters. The second-order valence-electron chi connectivity index (χ2n) is 5.11. The number of nitrogens with zero attached hydrogens (tertiary/aromatic N) is 3. The smallest absolute Gasteiger partial charge is 0.313 e. The highest BCUT2D eigenvalue weighted by Gasteiger charge is 2.42. The lowest BCUT2D eigenvalue weighted by Crippen LogP contribution is -2.33. The zero-order chi connectivity index (χ0) is 15.0. The zero-order valence-corrected chi connectivity index (χ0v) is 13.0. The molecule has 1 atom stereocenters. The van der Waals surface area contributed by atoms with E-state index in [1.807, 2.05) is 18.4 Å². The van der Waals surface area contributed by atoms with Crippen LogP contribution in [0, 0.1) is 0 Å². The van der Waals surface area contributed by atoms with E-state index < -0.39 is 21.3 Å².